The molecule has 3 rings (SSSR count). The van der Waals surface area contributed by atoms with Gasteiger partial charge in [0.25, 0.3) is 5.91 Å². The van der Waals surface area contributed by atoms with E-state index in [0.717, 1.165) is 37.9 Å². The van der Waals surface area contributed by atoms with Gasteiger partial charge in [-0.3, -0.25) is 9.78 Å². The molecule has 0 spiro atoms. The molecule has 1 atom stereocenters. The summed E-state index contributed by atoms with van der Waals surface area (Å²) in [5.41, 5.74) is 1.45. The van der Waals surface area contributed by atoms with Crippen LogP contribution in [0.5, 0.6) is 0 Å². The van der Waals surface area contributed by atoms with Gasteiger partial charge in [0.05, 0.1) is 28.6 Å². The van der Waals surface area contributed by atoms with Gasteiger partial charge in [-0.25, -0.2) is 9.97 Å². The van der Waals surface area contributed by atoms with Crippen molar-refractivity contribution in [3.63, 3.8) is 0 Å². The molecule has 0 saturated carbocycles. The number of carbonyl (C=O) groups excluding carboxylic acids is 1. The van der Waals surface area contributed by atoms with Gasteiger partial charge in [-0.1, -0.05) is 37.6 Å². The number of para-hydroxylation sites is 1. The third kappa shape index (κ3) is 6.12. The van der Waals surface area contributed by atoms with Gasteiger partial charge in [-0.2, -0.15) is 0 Å². The Bertz CT molecular complexity index is 1010. The molecule has 2 N–H and O–H groups in total. The third-order valence-electron chi connectivity index (χ3n) is 5.25. The predicted octanol–water partition coefficient (Wildman–Crippen LogP) is 4.85. The van der Waals surface area contributed by atoms with Crippen molar-refractivity contribution in [3.8, 4) is 0 Å². The van der Waals surface area contributed by atoms with Crippen molar-refractivity contribution in [2.24, 2.45) is 0 Å². The molecule has 0 saturated heterocycles. The molecule has 0 bridgehead atoms. The van der Waals surface area contributed by atoms with Crippen LogP contribution in [0.4, 0.5) is 11.5 Å². The van der Waals surface area contributed by atoms with Gasteiger partial charge in [-0.05, 0) is 51.5 Å². The van der Waals surface area contributed by atoms with Crippen LogP contribution in [0.2, 0.25) is 5.02 Å². The molecular weight excluding hydrogens is 412 g/mol. The van der Waals surface area contributed by atoms with E-state index >= 15 is 0 Å². The monoisotopic (exact) mass is 440 g/mol. The molecule has 0 aliphatic rings. The number of pyridine rings is 1. The molecule has 164 valence electrons. The summed E-state index contributed by atoms with van der Waals surface area (Å²) < 4.78 is 0. The summed E-state index contributed by atoms with van der Waals surface area (Å²) >= 11 is 6.22. The minimum absolute atomic E-state index is 0.235. The van der Waals surface area contributed by atoms with Gasteiger partial charge >= 0.3 is 0 Å². The minimum atomic E-state index is -0.347. The number of hydrogen-bond donors (Lipinski definition) is 2. The van der Waals surface area contributed by atoms with E-state index in [0.29, 0.717) is 22.0 Å². The summed E-state index contributed by atoms with van der Waals surface area (Å²) in [6, 6.07) is 7.47. The number of halogens is 1. The van der Waals surface area contributed by atoms with E-state index in [1.165, 1.54) is 6.20 Å². The molecule has 0 aliphatic carbocycles. The fourth-order valence-electron chi connectivity index (χ4n) is 3.43. The lowest BCUT2D eigenvalue weighted by Crippen LogP contribution is -2.25. The summed E-state index contributed by atoms with van der Waals surface area (Å²) in [5.74, 6) is 0.311. The molecule has 0 radical (unpaired) electrons. The van der Waals surface area contributed by atoms with Crippen molar-refractivity contribution in [1.82, 2.24) is 19.9 Å². The van der Waals surface area contributed by atoms with Crippen LogP contribution in [0.1, 0.15) is 44.1 Å². The lowest BCUT2D eigenvalue weighted by Gasteiger charge is -2.20. The van der Waals surface area contributed by atoms with Crippen molar-refractivity contribution >= 4 is 39.9 Å². The Balaban J connectivity index is 1.58. The summed E-state index contributed by atoms with van der Waals surface area (Å²) in [6.45, 7) is 9.75. The second kappa shape index (κ2) is 11.0. The maximum atomic E-state index is 12.6. The average Bonchev–Trinajstić information content (AvgIpc) is 2.78. The van der Waals surface area contributed by atoms with E-state index in [1.54, 1.807) is 24.5 Å². The van der Waals surface area contributed by atoms with Gasteiger partial charge in [-0.15, -0.1) is 0 Å². The third-order valence-corrected chi connectivity index (χ3v) is 5.58. The largest absolute Gasteiger partial charge is 0.366 e. The summed E-state index contributed by atoms with van der Waals surface area (Å²) in [6.07, 6.45) is 6.84. The molecule has 0 aliphatic heterocycles. The fraction of sp³-hybridized carbons (Fsp3) is 0.391. The number of hydrogen-bond acceptors (Lipinski definition) is 6. The second-order valence-corrected chi connectivity index (χ2v) is 7.86. The summed E-state index contributed by atoms with van der Waals surface area (Å²) in [5, 5.41) is 7.57. The highest BCUT2D eigenvalue weighted by molar-refractivity contribution is 6.35. The van der Waals surface area contributed by atoms with E-state index in [-0.39, 0.29) is 17.6 Å². The Hall–Kier alpha value is -2.77. The first-order chi connectivity index (χ1) is 15.0. The molecule has 3 aromatic rings. The normalized spacial score (nSPS) is 12.2. The van der Waals surface area contributed by atoms with Crippen LogP contribution < -0.4 is 10.6 Å². The Kier molecular flexibility index (Phi) is 8.14. The molecule has 1 unspecified atom stereocenters. The molecule has 1 amide bonds. The average molecular weight is 441 g/mol. The van der Waals surface area contributed by atoms with Crippen molar-refractivity contribution in [1.29, 1.82) is 0 Å². The van der Waals surface area contributed by atoms with Gasteiger partial charge < -0.3 is 15.5 Å². The molecule has 31 heavy (non-hydrogen) atoms. The predicted molar refractivity (Wildman–Crippen MR) is 127 cm³/mol. The first kappa shape index (κ1) is 22.9. The van der Waals surface area contributed by atoms with Gasteiger partial charge in [0.15, 0.2) is 0 Å². The SMILES string of the molecule is CCN(CC)CCCC(C)Nc1cnc(C(=O)Nc2cccc3c(Cl)ccnc23)cn1. The number of rotatable bonds is 10. The number of aromatic nitrogens is 3. The zero-order valence-electron chi connectivity index (χ0n) is 18.2. The standard InChI is InChI=1S/C23H29ClN6O/c1-4-30(5-2)13-7-8-16(3)28-21-15-26-20(14-27-21)23(31)29-19-10-6-9-17-18(24)11-12-25-22(17)19/h6,9-12,14-16H,4-5,7-8,13H2,1-3H3,(H,27,28)(H,29,31). The highest BCUT2D eigenvalue weighted by Gasteiger charge is 2.13. The maximum absolute atomic E-state index is 12.6. The van der Waals surface area contributed by atoms with E-state index in [4.69, 9.17) is 11.6 Å². The Morgan fingerprint density at radius 1 is 1.13 bits per heavy atom. The van der Waals surface area contributed by atoms with E-state index in [1.807, 2.05) is 12.1 Å². The number of nitrogens with zero attached hydrogens (tertiary/aromatic N) is 4. The number of amides is 1. The van der Waals surface area contributed by atoms with Crippen molar-refractivity contribution in [2.45, 2.75) is 39.7 Å². The molecule has 7 nitrogen and oxygen atoms in total. The van der Waals surface area contributed by atoms with Crippen LogP contribution in [-0.2, 0) is 0 Å². The first-order valence-electron chi connectivity index (χ1n) is 10.7. The molecular formula is C23H29ClN6O. The highest BCUT2D eigenvalue weighted by Crippen LogP contribution is 2.27. The number of anilines is 2. The Morgan fingerprint density at radius 3 is 2.65 bits per heavy atom. The first-order valence-corrected chi connectivity index (χ1v) is 11.0. The van der Waals surface area contributed by atoms with Gasteiger partial charge in [0.2, 0.25) is 0 Å². The number of benzene rings is 1. The zero-order valence-corrected chi connectivity index (χ0v) is 19.0. The summed E-state index contributed by atoms with van der Waals surface area (Å²) in [7, 11) is 0. The topological polar surface area (TPSA) is 83.0 Å². The smallest absolute Gasteiger partial charge is 0.275 e. The van der Waals surface area contributed by atoms with Gasteiger partial charge in [0.1, 0.15) is 11.5 Å². The zero-order chi connectivity index (χ0) is 22.2. The molecule has 0 fully saturated rings. The number of carbonyl (C=O) groups is 1. The van der Waals surface area contributed by atoms with Crippen LogP contribution in [-0.4, -0.2) is 51.4 Å². The molecule has 8 heteroatoms. The van der Waals surface area contributed by atoms with Crippen molar-refractivity contribution < 1.29 is 4.79 Å². The lowest BCUT2D eigenvalue weighted by atomic mass is 10.1. The van der Waals surface area contributed by atoms with Crippen LogP contribution in [0.25, 0.3) is 10.9 Å². The number of fused-ring (bicyclic) bond motifs is 1. The Labute approximate surface area is 188 Å². The maximum Gasteiger partial charge on any atom is 0.275 e. The second-order valence-electron chi connectivity index (χ2n) is 7.45. The van der Waals surface area contributed by atoms with E-state index in [2.05, 4.69) is 51.3 Å². The van der Waals surface area contributed by atoms with Crippen LogP contribution in [0.15, 0.2) is 42.9 Å². The molecule has 1 aromatic carbocycles. The number of nitrogens with one attached hydrogen (secondary N) is 2. The minimum Gasteiger partial charge on any atom is -0.366 e. The lowest BCUT2D eigenvalue weighted by molar-refractivity contribution is 0.102. The molecule has 2 heterocycles. The quantitative estimate of drug-likeness (QED) is 0.468. The van der Waals surface area contributed by atoms with E-state index in [9.17, 15) is 4.79 Å². The van der Waals surface area contributed by atoms with Crippen molar-refractivity contribution in [2.75, 3.05) is 30.3 Å². The van der Waals surface area contributed by atoms with Crippen LogP contribution in [0.3, 0.4) is 0 Å². The van der Waals surface area contributed by atoms with Crippen molar-refractivity contribution in [3.05, 3.63) is 53.6 Å². The Morgan fingerprint density at radius 2 is 1.94 bits per heavy atom. The molecule has 2 aromatic heterocycles. The van der Waals surface area contributed by atoms with Crippen LogP contribution in [0, 0.1) is 0 Å². The van der Waals surface area contributed by atoms with Gasteiger partial charge in [0, 0.05) is 17.6 Å². The summed E-state index contributed by atoms with van der Waals surface area (Å²) in [4.78, 5) is 28.0. The fourth-order valence-corrected chi connectivity index (χ4v) is 3.64. The highest BCUT2D eigenvalue weighted by atomic mass is 35.5. The van der Waals surface area contributed by atoms with Crippen LogP contribution >= 0.6 is 11.6 Å². The van der Waals surface area contributed by atoms with E-state index < -0.39 is 0 Å².